The standard InChI is InChI=1S/C22H25Cl2N3O2/c1-14-9-11-15(12-10-14)13-25-22(29)27-19-8-3-2-7-18(19)26-21(28)16-5-4-6-17(23)20(16)24/h4-6,9-12,18-19H,2-3,7-8,13H2,1H3,(H,26,28)(H2,25,27,29). The first-order valence-electron chi connectivity index (χ1n) is 9.79. The van der Waals surface area contributed by atoms with Crippen LogP contribution in [0.2, 0.25) is 10.0 Å². The summed E-state index contributed by atoms with van der Waals surface area (Å²) in [6.45, 7) is 2.48. The second-order valence-corrected chi connectivity index (χ2v) is 8.17. The van der Waals surface area contributed by atoms with Gasteiger partial charge in [0, 0.05) is 12.6 Å². The van der Waals surface area contributed by atoms with E-state index in [9.17, 15) is 9.59 Å². The van der Waals surface area contributed by atoms with Crippen molar-refractivity contribution in [1.82, 2.24) is 16.0 Å². The van der Waals surface area contributed by atoms with E-state index >= 15 is 0 Å². The molecule has 3 N–H and O–H groups in total. The minimum atomic E-state index is -0.281. The number of aryl methyl sites for hydroxylation is 1. The van der Waals surface area contributed by atoms with Crippen molar-refractivity contribution in [3.05, 3.63) is 69.2 Å². The molecule has 5 nitrogen and oxygen atoms in total. The van der Waals surface area contributed by atoms with E-state index in [-0.39, 0.29) is 29.0 Å². The quantitative estimate of drug-likeness (QED) is 0.630. The van der Waals surface area contributed by atoms with E-state index in [1.165, 1.54) is 5.56 Å². The molecule has 7 heteroatoms. The van der Waals surface area contributed by atoms with Gasteiger partial charge in [-0.1, -0.05) is 71.9 Å². The molecule has 154 valence electrons. The maximum atomic E-state index is 12.7. The van der Waals surface area contributed by atoms with Crippen LogP contribution in [0.3, 0.4) is 0 Å². The van der Waals surface area contributed by atoms with Gasteiger partial charge in [-0.05, 0) is 37.5 Å². The average Bonchev–Trinajstić information content (AvgIpc) is 2.71. The minimum absolute atomic E-state index is 0.135. The van der Waals surface area contributed by atoms with Gasteiger partial charge in [-0.15, -0.1) is 0 Å². The summed E-state index contributed by atoms with van der Waals surface area (Å²) >= 11 is 12.2. The van der Waals surface area contributed by atoms with Crippen molar-refractivity contribution in [2.24, 2.45) is 0 Å². The summed E-state index contributed by atoms with van der Waals surface area (Å²) in [7, 11) is 0. The van der Waals surface area contributed by atoms with Crippen LogP contribution in [-0.4, -0.2) is 24.0 Å². The molecule has 0 radical (unpaired) electrons. The van der Waals surface area contributed by atoms with Crippen LogP contribution in [0.15, 0.2) is 42.5 Å². The third-order valence-electron chi connectivity index (χ3n) is 5.17. The van der Waals surface area contributed by atoms with Gasteiger partial charge in [0.15, 0.2) is 0 Å². The lowest BCUT2D eigenvalue weighted by atomic mass is 9.90. The summed E-state index contributed by atoms with van der Waals surface area (Å²) in [5.74, 6) is -0.281. The Morgan fingerprint density at radius 2 is 1.62 bits per heavy atom. The molecule has 29 heavy (non-hydrogen) atoms. The Kier molecular flexibility index (Phi) is 7.40. The van der Waals surface area contributed by atoms with E-state index in [1.54, 1.807) is 18.2 Å². The topological polar surface area (TPSA) is 70.2 Å². The Hall–Kier alpha value is -2.24. The molecule has 0 bridgehead atoms. The van der Waals surface area contributed by atoms with Gasteiger partial charge in [0.05, 0.1) is 21.7 Å². The van der Waals surface area contributed by atoms with Crippen LogP contribution >= 0.6 is 23.2 Å². The molecule has 1 fully saturated rings. The van der Waals surface area contributed by atoms with Gasteiger partial charge in [-0.2, -0.15) is 0 Å². The molecule has 3 rings (SSSR count). The number of rotatable bonds is 5. The molecule has 1 aliphatic carbocycles. The van der Waals surface area contributed by atoms with Crippen LogP contribution in [0.25, 0.3) is 0 Å². The maximum absolute atomic E-state index is 12.7. The lowest BCUT2D eigenvalue weighted by Gasteiger charge is -2.33. The first-order chi connectivity index (χ1) is 13.9. The summed E-state index contributed by atoms with van der Waals surface area (Å²) in [6, 6.07) is 12.5. The molecule has 2 unspecified atom stereocenters. The van der Waals surface area contributed by atoms with E-state index in [4.69, 9.17) is 23.2 Å². The van der Waals surface area contributed by atoms with E-state index in [1.807, 2.05) is 31.2 Å². The first-order valence-corrected chi connectivity index (χ1v) is 10.5. The zero-order chi connectivity index (χ0) is 20.8. The minimum Gasteiger partial charge on any atom is -0.347 e. The number of carbonyl (C=O) groups is 2. The summed E-state index contributed by atoms with van der Waals surface area (Å²) < 4.78 is 0. The van der Waals surface area contributed by atoms with Crippen molar-refractivity contribution in [2.45, 2.75) is 51.2 Å². The molecule has 0 heterocycles. The Morgan fingerprint density at radius 1 is 0.966 bits per heavy atom. The van der Waals surface area contributed by atoms with Crippen LogP contribution in [-0.2, 0) is 6.54 Å². The molecular formula is C22H25Cl2N3O2. The van der Waals surface area contributed by atoms with Gasteiger partial charge in [0.2, 0.25) is 0 Å². The zero-order valence-corrected chi connectivity index (χ0v) is 17.8. The average molecular weight is 434 g/mol. The predicted molar refractivity (Wildman–Crippen MR) is 117 cm³/mol. The van der Waals surface area contributed by atoms with Crippen LogP contribution in [0, 0.1) is 6.92 Å². The molecule has 3 amide bonds. The van der Waals surface area contributed by atoms with E-state index in [0.29, 0.717) is 17.1 Å². The lowest BCUT2D eigenvalue weighted by Crippen LogP contribution is -2.55. The van der Waals surface area contributed by atoms with Gasteiger partial charge in [-0.3, -0.25) is 4.79 Å². The lowest BCUT2D eigenvalue weighted by molar-refractivity contribution is 0.0916. The Balaban J connectivity index is 1.57. The molecule has 0 aromatic heterocycles. The van der Waals surface area contributed by atoms with Gasteiger partial charge < -0.3 is 16.0 Å². The highest BCUT2D eigenvalue weighted by Crippen LogP contribution is 2.26. The van der Waals surface area contributed by atoms with Gasteiger partial charge in [0.25, 0.3) is 5.91 Å². The molecular weight excluding hydrogens is 409 g/mol. The highest BCUT2D eigenvalue weighted by Gasteiger charge is 2.28. The van der Waals surface area contributed by atoms with Gasteiger partial charge in [0.1, 0.15) is 0 Å². The SMILES string of the molecule is Cc1ccc(CNC(=O)NC2CCCCC2NC(=O)c2cccc(Cl)c2Cl)cc1. The number of hydrogen-bond donors (Lipinski definition) is 3. The molecule has 1 saturated carbocycles. The van der Waals surface area contributed by atoms with Crippen molar-refractivity contribution in [1.29, 1.82) is 0 Å². The van der Waals surface area contributed by atoms with Crippen LogP contribution in [0.5, 0.6) is 0 Å². The van der Waals surface area contributed by atoms with E-state index < -0.39 is 0 Å². The summed E-state index contributed by atoms with van der Waals surface area (Å²) in [6.07, 6.45) is 3.61. The third kappa shape index (κ3) is 5.87. The molecule has 2 aromatic carbocycles. The smallest absolute Gasteiger partial charge is 0.315 e. The monoisotopic (exact) mass is 433 g/mol. The van der Waals surface area contributed by atoms with E-state index in [0.717, 1.165) is 31.2 Å². The predicted octanol–water partition coefficient (Wildman–Crippen LogP) is 4.84. The molecule has 1 aliphatic rings. The van der Waals surface area contributed by atoms with Gasteiger partial charge in [-0.25, -0.2) is 4.79 Å². The molecule has 0 saturated heterocycles. The normalized spacial score (nSPS) is 18.7. The Bertz CT molecular complexity index is 871. The molecule has 2 aromatic rings. The number of urea groups is 1. The van der Waals surface area contributed by atoms with Crippen molar-refractivity contribution in [3.8, 4) is 0 Å². The third-order valence-corrected chi connectivity index (χ3v) is 5.99. The fraction of sp³-hybridized carbons (Fsp3) is 0.364. The highest BCUT2D eigenvalue weighted by atomic mass is 35.5. The fourth-order valence-corrected chi connectivity index (χ4v) is 3.90. The van der Waals surface area contributed by atoms with Crippen LogP contribution in [0.4, 0.5) is 4.79 Å². The number of hydrogen-bond acceptors (Lipinski definition) is 2. The summed E-state index contributed by atoms with van der Waals surface area (Å²) in [4.78, 5) is 25.1. The number of carbonyl (C=O) groups excluding carboxylic acids is 2. The van der Waals surface area contributed by atoms with E-state index in [2.05, 4.69) is 16.0 Å². The van der Waals surface area contributed by atoms with Crippen LogP contribution in [0.1, 0.15) is 47.2 Å². The molecule has 0 spiro atoms. The highest BCUT2D eigenvalue weighted by molar-refractivity contribution is 6.43. The maximum Gasteiger partial charge on any atom is 0.315 e. The fourth-order valence-electron chi connectivity index (χ4n) is 3.51. The number of benzene rings is 2. The first kappa shape index (κ1) is 21.5. The molecule has 2 atom stereocenters. The van der Waals surface area contributed by atoms with Crippen molar-refractivity contribution >= 4 is 35.1 Å². The second kappa shape index (κ2) is 9.99. The number of nitrogens with one attached hydrogen (secondary N) is 3. The summed E-state index contributed by atoms with van der Waals surface area (Å²) in [5.41, 5.74) is 2.56. The van der Waals surface area contributed by atoms with Crippen molar-refractivity contribution in [2.75, 3.05) is 0 Å². The zero-order valence-electron chi connectivity index (χ0n) is 16.3. The summed E-state index contributed by atoms with van der Waals surface area (Å²) in [5, 5.41) is 9.49. The second-order valence-electron chi connectivity index (χ2n) is 7.38. The number of halogens is 2. The number of amides is 3. The largest absolute Gasteiger partial charge is 0.347 e. The Labute approximate surface area is 181 Å². The Morgan fingerprint density at radius 3 is 2.31 bits per heavy atom. The van der Waals surface area contributed by atoms with Crippen molar-refractivity contribution in [3.63, 3.8) is 0 Å². The van der Waals surface area contributed by atoms with Crippen molar-refractivity contribution < 1.29 is 9.59 Å². The van der Waals surface area contributed by atoms with Gasteiger partial charge >= 0.3 is 6.03 Å². The molecule has 0 aliphatic heterocycles. The van der Waals surface area contributed by atoms with Crippen LogP contribution < -0.4 is 16.0 Å².